The van der Waals surface area contributed by atoms with Crippen LogP contribution in [-0.4, -0.2) is 33.0 Å². The van der Waals surface area contributed by atoms with Gasteiger partial charge in [0.15, 0.2) is 0 Å². The zero-order valence-electron chi connectivity index (χ0n) is 11.7. The van der Waals surface area contributed by atoms with Crippen molar-refractivity contribution in [2.24, 2.45) is 0 Å². The van der Waals surface area contributed by atoms with E-state index >= 15 is 0 Å². The summed E-state index contributed by atoms with van der Waals surface area (Å²) < 4.78 is 0. The molecule has 0 spiro atoms. The van der Waals surface area contributed by atoms with E-state index in [-0.39, 0.29) is 6.04 Å². The number of hydrogen-bond acceptors (Lipinski definition) is 7. The van der Waals surface area contributed by atoms with Gasteiger partial charge in [-0.3, -0.25) is 0 Å². The molecule has 112 valence electrons. The van der Waals surface area contributed by atoms with E-state index in [1.807, 2.05) is 13.8 Å². The van der Waals surface area contributed by atoms with Gasteiger partial charge in [-0.05, 0) is 31.7 Å². The normalized spacial score (nSPS) is 10.8. The predicted octanol–water partition coefficient (Wildman–Crippen LogP) is 3.59. The van der Waals surface area contributed by atoms with Crippen LogP contribution in [0.15, 0.2) is 22.4 Å². The molecule has 2 N–H and O–H groups in total. The van der Waals surface area contributed by atoms with Gasteiger partial charge in [-0.25, -0.2) is 4.98 Å². The second-order valence-electron chi connectivity index (χ2n) is 4.35. The summed E-state index contributed by atoms with van der Waals surface area (Å²) in [4.78, 5) is 17.0. The third kappa shape index (κ3) is 4.59. The molecule has 0 atom stereocenters. The summed E-state index contributed by atoms with van der Waals surface area (Å²) in [6, 6.07) is 1.89. The molecule has 0 aromatic carbocycles. The van der Waals surface area contributed by atoms with Crippen molar-refractivity contribution in [2.75, 3.05) is 17.7 Å². The van der Waals surface area contributed by atoms with Gasteiger partial charge in [-0.1, -0.05) is 23.2 Å². The van der Waals surface area contributed by atoms with E-state index in [2.05, 4.69) is 30.6 Å². The van der Waals surface area contributed by atoms with Crippen molar-refractivity contribution in [1.29, 1.82) is 0 Å². The Morgan fingerprint density at radius 3 is 2.43 bits per heavy atom. The van der Waals surface area contributed by atoms with Crippen LogP contribution in [0.25, 0.3) is 0 Å². The van der Waals surface area contributed by atoms with Crippen LogP contribution in [0, 0.1) is 0 Å². The maximum Gasteiger partial charge on any atom is 0.228 e. The van der Waals surface area contributed by atoms with Crippen LogP contribution in [0.1, 0.15) is 13.8 Å². The molecule has 0 fully saturated rings. The lowest BCUT2D eigenvalue weighted by atomic mass is 10.4. The number of aromatic nitrogens is 4. The molecular weight excluding hydrogens is 331 g/mol. The van der Waals surface area contributed by atoms with Crippen molar-refractivity contribution < 1.29 is 0 Å². The Hall–Kier alpha value is -1.31. The minimum atomic E-state index is 0.220. The number of hydrogen-bond donors (Lipinski definition) is 2. The van der Waals surface area contributed by atoms with Crippen LogP contribution in [-0.2, 0) is 0 Å². The summed E-state index contributed by atoms with van der Waals surface area (Å²) in [5.74, 6) is 0.989. The Kier molecular flexibility index (Phi) is 5.44. The third-order valence-electron chi connectivity index (χ3n) is 2.24. The van der Waals surface area contributed by atoms with E-state index in [1.165, 1.54) is 18.0 Å². The molecular formula is C12H14Cl2N6S. The molecule has 0 aliphatic heterocycles. The topological polar surface area (TPSA) is 75.6 Å². The Balaban J connectivity index is 2.27. The van der Waals surface area contributed by atoms with Crippen LogP contribution < -0.4 is 10.6 Å². The molecule has 2 aromatic rings. The summed E-state index contributed by atoms with van der Waals surface area (Å²) >= 11 is 13.1. The lowest BCUT2D eigenvalue weighted by Crippen LogP contribution is -2.14. The molecule has 0 unspecified atom stereocenters. The first kappa shape index (κ1) is 16.1. The van der Waals surface area contributed by atoms with E-state index < -0.39 is 0 Å². The number of halogens is 2. The molecule has 6 nitrogen and oxygen atoms in total. The molecule has 0 aliphatic carbocycles. The zero-order chi connectivity index (χ0) is 15.4. The summed E-state index contributed by atoms with van der Waals surface area (Å²) in [5, 5.41) is 8.08. The first-order chi connectivity index (χ1) is 9.97. The van der Waals surface area contributed by atoms with Crippen LogP contribution in [0.5, 0.6) is 0 Å². The highest BCUT2D eigenvalue weighted by atomic mass is 35.5. The molecule has 0 bridgehead atoms. The quantitative estimate of drug-likeness (QED) is 0.858. The van der Waals surface area contributed by atoms with Crippen molar-refractivity contribution >= 4 is 46.9 Å². The lowest BCUT2D eigenvalue weighted by molar-refractivity contribution is 0.837. The summed E-state index contributed by atoms with van der Waals surface area (Å²) in [7, 11) is 1.75. The zero-order valence-corrected chi connectivity index (χ0v) is 14.0. The van der Waals surface area contributed by atoms with Crippen molar-refractivity contribution in [2.45, 2.75) is 30.1 Å². The average Bonchev–Trinajstić information content (AvgIpc) is 2.42. The number of pyridine rings is 1. The van der Waals surface area contributed by atoms with Gasteiger partial charge in [0.1, 0.15) is 5.03 Å². The van der Waals surface area contributed by atoms with E-state index in [0.29, 0.717) is 32.1 Å². The molecule has 21 heavy (non-hydrogen) atoms. The van der Waals surface area contributed by atoms with Crippen molar-refractivity contribution in [3.63, 3.8) is 0 Å². The number of anilines is 2. The van der Waals surface area contributed by atoms with Gasteiger partial charge in [0.05, 0.1) is 10.0 Å². The van der Waals surface area contributed by atoms with Crippen molar-refractivity contribution in [3.05, 3.63) is 22.3 Å². The third-order valence-corrected chi connectivity index (χ3v) is 3.74. The van der Waals surface area contributed by atoms with Gasteiger partial charge >= 0.3 is 0 Å². The highest BCUT2D eigenvalue weighted by molar-refractivity contribution is 7.99. The Labute approximate surface area is 137 Å². The minimum Gasteiger partial charge on any atom is -0.357 e. The van der Waals surface area contributed by atoms with E-state index in [9.17, 15) is 0 Å². The molecule has 0 saturated heterocycles. The standard InChI is InChI=1S/C12H14Cl2N6S/c1-6(2)17-11-18-10(15-3)19-12(20-11)21-9-4-7(13)8(14)5-16-9/h4-6H,1-3H3,(H2,15,17,18,19,20). The van der Waals surface area contributed by atoms with Gasteiger partial charge in [0, 0.05) is 19.3 Å². The average molecular weight is 345 g/mol. The van der Waals surface area contributed by atoms with E-state index in [0.717, 1.165) is 0 Å². The van der Waals surface area contributed by atoms with E-state index in [1.54, 1.807) is 13.1 Å². The highest BCUT2D eigenvalue weighted by Gasteiger charge is 2.10. The van der Waals surface area contributed by atoms with Crippen molar-refractivity contribution in [3.8, 4) is 0 Å². The van der Waals surface area contributed by atoms with Crippen molar-refractivity contribution in [1.82, 2.24) is 19.9 Å². The molecule has 9 heteroatoms. The molecule has 0 radical (unpaired) electrons. The Bertz CT molecular complexity index is 637. The molecule has 2 heterocycles. The number of rotatable bonds is 5. The Morgan fingerprint density at radius 2 is 1.81 bits per heavy atom. The molecule has 0 amide bonds. The van der Waals surface area contributed by atoms with Crippen LogP contribution >= 0.6 is 35.0 Å². The molecule has 0 aliphatic rings. The smallest absolute Gasteiger partial charge is 0.228 e. The first-order valence-corrected chi connectivity index (χ1v) is 7.74. The number of nitrogens with zero attached hydrogens (tertiary/aromatic N) is 4. The summed E-state index contributed by atoms with van der Waals surface area (Å²) in [6.45, 7) is 4.02. The van der Waals surface area contributed by atoms with Gasteiger partial charge < -0.3 is 10.6 Å². The predicted molar refractivity (Wildman–Crippen MR) is 86.5 cm³/mol. The van der Waals surface area contributed by atoms with Crippen LogP contribution in [0.4, 0.5) is 11.9 Å². The fourth-order valence-electron chi connectivity index (χ4n) is 1.38. The second kappa shape index (κ2) is 7.11. The maximum absolute atomic E-state index is 5.98. The molecule has 0 saturated carbocycles. The summed E-state index contributed by atoms with van der Waals surface area (Å²) in [5.41, 5.74) is 0. The largest absolute Gasteiger partial charge is 0.357 e. The van der Waals surface area contributed by atoms with Gasteiger partial charge in [-0.2, -0.15) is 15.0 Å². The van der Waals surface area contributed by atoms with Gasteiger partial charge in [0.25, 0.3) is 0 Å². The fraction of sp³-hybridized carbons (Fsp3) is 0.333. The SMILES string of the molecule is CNc1nc(NC(C)C)nc(Sc2cc(Cl)c(Cl)cn2)n1. The molecule has 2 rings (SSSR count). The fourth-order valence-corrected chi connectivity index (χ4v) is 2.44. The van der Waals surface area contributed by atoms with Gasteiger partial charge in [-0.15, -0.1) is 0 Å². The monoisotopic (exact) mass is 344 g/mol. The second-order valence-corrected chi connectivity index (χ2v) is 6.15. The first-order valence-electron chi connectivity index (χ1n) is 6.17. The number of nitrogens with one attached hydrogen (secondary N) is 2. The molecule has 2 aromatic heterocycles. The van der Waals surface area contributed by atoms with Gasteiger partial charge in [0.2, 0.25) is 17.1 Å². The Morgan fingerprint density at radius 1 is 1.10 bits per heavy atom. The van der Waals surface area contributed by atoms with E-state index in [4.69, 9.17) is 23.2 Å². The maximum atomic E-state index is 5.98. The minimum absolute atomic E-state index is 0.220. The van der Waals surface area contributed by atoms with Crippen LogP contribution in [0.2, 0.25) is 10.0 Å². The van der Waals surface area contributed by atoms with Crippen LogP contribution in [0.3, 0.4) is 0 Å². The highest BCUT2D eigenvalue weighted by Crippen LogP contribution is 2.29. The summed E-state index contributed by atoms with van der Waals surface area (Å²) in [6.07, 6.45) is 1.50. The lowest BCUT2D eigenvalue weighted by Gasteiger charge is -2.10.